The molecule has 0 radical (unpaired) electrons. The summed E-state index contributed by atoms with van der Waals surface area (Å²) in [6.45, 7) is 1.32. The van der Waals surface area contributed by atoms with E-state index in [2.05, 4.69) is 0 Å². The van der Waals surface area contributed by atoms with Crippen LogP contribution in [-0.4, -0.2) is 36.9 Å². The summed E-state index contributed by atoms with van der Waals surface area (Å²) in [5.74, 6) is -7.50. The highest BCUT2D eigenvalue weighted by Crippen LogP contribution is 2.29. The first-order valence-electron chi connectivity index (χ1n) is 6.51. The molecule has 0 spiro atoms. The summed E-state index contributed by atoms with van der Waals surface area (Å²) in [4.78, 5) is 10.1. The van der Waals surface area contributed by atoms with Crippen LogP contribution in [-0.2, 0) is 14.8 Å². The number of benzene rings is 1. The lowest BCUT2D eigenvalue weighted by atomic mass is 9.92. The minimum absolute atomic E-state index is 0.00938. The Balaban J connectivity index is 2.42. The monoisotopic (exact) mass is 337 g/mol. The van der Waals surface area contributed by atoms with Gasteiger partial charge in [0, 0.05) is 13.1 Å². The Bertz CT molecular complexity index is 707. The fourth-order valence-electron chi connectivity index (χ4n) is 2.52. The van der Waals surface area contributed by atoms with Gasteiger partial charge in [-0.3, -0.25) is 4.79 Å². The SMILES string of the molecule is CC1CC(C(=O)O)CN(S(=O)(=O)c2ccc(F)c(F)c2F)C1. The van der Waals surface area contributed by atoms with E-state index in [1.54, 1.807) is 6.92 Å². The van der Waals surface area contributed by atoms with Crippen molar-refractivity contribution in [2.75, 3.05) is 13.1 Å². The zero-order valence-electron chi connectivity index (χ0n) is 11.6. The molecular weight excluding hydrogens is 323 g/mol. The molecule has 2 rings (SSSR count). The number of carbonyl (C=O) groups is 1. The van der Waals surface area contributed by atoms with Gasteiger partial charge in [-0.25, -0.2) is 21.6 Å². The summed E-state index contributed by atoms with van der Waals surface area (Å²) in [5, 5.41) is 9.04. The molecule has 0 saturated carbocycles. The summed E-state index contributed by atoms with van der Waals surface area (Å²) in [6, 6.07) is 1.16. The van der Waals surface area contributed by atoms with Crippen LogP contribution in [0, 0.1) is 29.3 Å². The van der Waals surface area contributed by atoms with Gasteiger partial charge >= 0.3 is 5.97 Å². The van der Waals surface area contributed by atoms with Crippen LogP contribution in [0.2, 0.25) is 0 Å². The van der Waals surface area contributed by atoms with Gasteiger partial charge in [-0.2, -0.15) is 4.31 Å². The van der Waals surface area contributed by atoms with Crippen molar-refractivity contribution in [1.29, 1.82) is 0 Å². The van der Waals surface area contributed by atoms with Crippen molar-refractivity contribution in [1.82, 2.24) is 4.31 Å². The van der Waals surface area contributed by atoms with E-state index in [-0.39, 0.29) is 19.0 Å². The molecule has 2 atom stereocenters. The zero-order valence-corrected chi connectivity index (χ0v) is 12.4. The smallest absolute Gasteiger partial charge is 0.307 e. The van der Waals surface area contributed by atoms with Gasteiger partial charge in [0.25, 0.3) is 0 Å². The number of halogens is 3. The summed E-state index contributed by atoms with van der Waals surface area (Å²) in [6.07, 6.45) is 0.293. The minimum atomic E-state index is -4.44. The Labute approximate surface area is 125 Å². The number of rotatable bonds is 3. The molecule has 0 aromatic heterocycles. The number of hydrogen-bond donors (Lipinski definition) is 1. The normalized spacial score (nSPS) is 23.5. The lowest BCUT2D eigenvalue weighted by molar-refractivity contribution is -0.143. The summed E-state index contributed by atoms with van der Waals surface area (Å²) >= 11 is 0. The van der Waals surface area contributed by atoms with Crippen molar-refractivity contribution in [2.24, 2.45) is 11.8 Å². The molecule has 0 aliphatic carbocycles. The second-order valence-corrected chi connectivity index (χ2v) is 7.28. The predicted molar refractivity (Wildman–Crippen MR) is 70.0 cm³/mol. The highest BCUT2D eigenvalue weighted by molar-refractivity contribution is 7.89. The van der Waals surface area contributed by atoms with E-state index in [4.69, 9.17) is 5.11 Å². The molecule has 22 heavy (non-hydrogen) atoms. The fourth-order valence-corrected chi connectivity index (χ4v) is 4.19. The molecule has 1 aromatic rings. The van der Waals surface area contributed by atoms with Gasteiger partial charge in [0.15, 0.2) is 17.5 Å². The van der Waals surface area contributed by atoms with Gasteiger partial charge in [0.1, 0.15) is 4.90 Å². The first kappa shape index (κ1) is 16.8. The third-order valence-electron chi connectivity index (χ3n) is 3.59. The number of piperidine rings is 1. The first-order valence-corrected chi connectivity index (χ1v) is 7.95. The Morgan fingerprint density at radius 2 is 1.86 bits per heavy atom. The quantitative estimate of drug-likeness (QED) is 0.854. The maximum Gasteiger partial charge on any atom is 0.307 e. The third-order valence-corrected chi connectivity index (χ3v) is 5.44. The molecule has 5 nitrogen and oxygen atoms in total. The van der Waals surface area contributed by atoms with Gasteiger partial charge < -0.3 is 5.11 Å². The molecule has 1 N–H and O–H groups in total. The van der Waals surface area contributed by atoms with E-state index in [1.807, 2.05) is 0 Å². The van der Waals surface area contributed by atoms with E-state index < -0.39 is 44.3 Å². The Morgan fingerprint density at radius 3 is 2.45 bits per heavy atom. The van der Waals surface area contributed by atoms with Gasteiger partial charge in [-0.15, -0.1) is 0 Å². The standard InChI is InChI=1S/C13H14F3NO4S/c1-7-4-8(13(18)19)6-17(5-7)22(20,21)10-3-2-9(14)11(15)12(10)16/h2-3,7-8H,4-6H2,1H3,(H,18,19). The van der Waals surface area contributed by atoms with Gasteiger partial charge in [-0.05, 0) is 24.5 Å². The molecule has 9 heteroatoms. The van der Waals surface area contributed by atoms with E-state index in [0.717, 1.165) is 4.31 Å². The molecule has 1 saturated heterocycles. The highest BCUT2D eigenvalue weighted by atomic mass is 32.2. The molecule has 2 unspecified atom stereocenters. The number of nitrogens with zero attached hydrogens (tertiary/aromatic N) is 1. The minimum Gasteiger partial charge on any atom is -0.481 e. The average Bonchev–Trinajstić information content (AvgIpc) is 2.43. The van der Waals surface area contributed by atoms with Crippen LogP contribution in [0.25, 0.3) is 0 Å². The second-order valence-electron chi connectivity index (χ2n) is 5.37. The summed E-state index contributed by atoms with van der Waals surface area (Å²) in [5.41, 5.74) is 0. The number of sulfonamides is 1. The number of aliphatic carboxylic acids is 1. The zero-order chi connectivity index (χ0) is 16.7. The molecule has 1 heterocycles. The van der Waals surface area contributed by atoms with Crippen molar-refractivity contribution < 1.29 is 31.5 Å². The van der Waals surface area contributed by atoms with E-state index in [0.29, 0.717) is 18.6 Å². The topological polar surface area (TPSA) is 74.7 Å². The summed E-state index contributed by atoms with van der Waals surface area (Å²) in [7, 11) is -4.44. The van der Waals surface area contributed by atoms with Crippen molar-refractivity contribution in [3.05, 3.63) is 29.6 Å². The Morgan fingerprint density at radius 1 is 1.23 bits per heavy atom. The molecule has 0 bridgehead atoms. The fraction of sp³-hybridized carbons (Fsp3) is 0.462. The number of hydrogen-bond acceptors (Lipinski definition) is 3. The van der Waals surface area contributed by atoms with Gasteiger partial charge in [0.2, 0.25) is 10.0 Å². The van der Waals surface area contributed by atoms with Crippen molar-refractivity contribution in [2.45, 2.75) is 18.2 Å². The molecule has 122 valence electrons. The molecular formula is C13H14F3NO4S. The van der Waals surface area contributed by atoms with Crippen LogP contribution < -0.4 is 0 Å². The lowest BCUT2D eigenvalue weighted by Gasteiger charge is -2.33. The number of carboxylic acids is 1. The van der Waals surface area contributed by atoms with Crippen molar-refractivity contribution in [3.63, 3.8) is 0 Å². The van der Waals surface area contributed by atoms with Gasteiger partial charge in [-0.1, -0.05) is 6.92 Å². The lowest BCUT2D eigenvalue weighted by Crippen LogP contribution is -2.45. The second kappa shape index (κ2) is 5.88. The average molecular weight is 337 g/mol. The maximum atomic E-state index is 13.7. The third kappa shape index (κ3) is 2.95. The Kier molecular flexibility index (Phi) is 4.48. The molecule has 1 fully saturated rings. The largest absolute Gasteiger partial charge is 0.481 e. The predicted octanol–water partition coefficient (Wildman–Crippen LogP) is 1.84. The van der Waals surface area contributed by atoms with Crippen LogP contribution in [0.1, 0.15) is 13.3 Å². The molecule has 1 aliphatic heterocycles. The highest BCUT2D eigenvalue weighted by Gasteiger charge is 2.38. The first-order chi connectivity index (χ1) is 10.1. The van der Waals surface area contributed by atoms with E-state index >= 15 is 0 Å². The van der Waals surface area contributed by atoms with E-state index in [9.17, 15) is 26.4 Å². The van der Waals surface area contributed by atoms with Crippen LogP contribution in [0.5, 0.6) is 0 Å². The number of carboxylic acid groups (broad SMARTS) is 1. The molecule has 1 aliphatic rings. The van der Waals surface area contributed by atoms with Crippen LogP contribution >= 0.6 is 0 Å². The van der Waals surface area contributed by atoms with Crippen molar-refractivity contribution in [3.8, 4) is 0 Å². The van der Waals surface area contributed by atoms with Crippen molar-refractivity contribution >= 4 is 16.0 Å². The maximum absolute atomic E-state index is 13.7. The van der Waals surface area contributed by atoms with Crippen LogP contribution in [0.15, 0.2) is 17.0 Å². The summed E-state index contributed by atoms with van der Waals surface area (Å²) < 4.78 is 65.5. The molecule has 1 aromatic carbocycles. The Hall–Kier alpha value is -1.61. The van der Waals surface area contributed by atoms with Gasteiger partial charge in [0.05, 0.1) is 5.92 Å². The molecule has 0 amide bonds. The van der Waals surface area contributed by atoms with Crippen LogP contribution in [0.4, 0.5) is 13.2 Å². The van der Waals surface area contributed by atoms with Crippen LogP contribution in [0.3, 0.4) is 0 Å². The van der Waals surface area contributed by atoms with E-state index in [1.165, 1.54) is 0 Å².